The number of aliphatic hydroxyl groups excluding tert-OH is 2. The molecule has 0 aromatic rings. The van der Waals surface area contributed by atoms with Crippen LogP contribution in [0.3, 0.4) is 0 Å². The van der Waals surface area contributed by atoms with Crippen molar-refractivity contribution in [2.45, 2.75) is 50.7 Å². The molecule has 0 amide bonds. The van der Waals surface area contributed by atoms with Crippen LogP contribution < -0.4 is 0 Å². The lowest BCUT2D eigenvalue weighted by atomic mass is 9.97. The molecule has 1 aliphatic carbocycles. The van der Waals surface area contributed by atoms with Gasteiger partial charge in [0.25, 0.3) is 0 Å². The van der Waals surface area contributed by atoms with E-state index in [-0.39, 0.29) is 0 Å². The Balaban J connectivity index is 2.28. The zero-order chi connectivity index (χ0) is 7.40. The molecule has 1 fully saturated rings. The summed E-state index contributed by atoms with van der Waals surface area (Å²) in [5.41, 5.74) is 0. The maximum atomic E-state index is 9.23. The van der Waals surface area contributed by atoms with Gasteiger partial charge in [-0.05, 0) is 12.8 Å². The standard InChI is InChI=1S/C8H16O2/c9-7-5-3-1-2-4-6-8(7)10/h7-10H,1-6H2/i9+2. The Labute approximate surface area is 61.9 Å². The highest BCUT2D eigenvalue weighted by Gasteiger charge is 2.16. The Morgan fingerprint density at radius 2 is 1.60 bits per heavy atom. The first-order chi connectivity index (χ1) is 4.80. The van der Waals surface area contributed by atoms with Gasteiger partial charge in [-0.15, -0.1) is 0 Å². The van der Waals surface area contributed by atoms with Gasteiger partial charge < -0.3 is 10.2 Å². The molecule has 0 saturated heterocycles. The fraction of sp³-hybridized carbons (Fsp3) is 1.00. The van der Waals surface area contributed by atoms with Crippen LogP contribution in [0, 0.1) is 0 Å². The van der Waals surface area contributed by atoms with Gasteiger partial charge in [-0.3, -0.25) is 0 Å². The SMILES string of the molecule is OC1CCCCCCC1[18OH]. The van der Waals surface area contributed by atoms with Gasteiger partial charge in [-0.2, -0.15) is 0 Å². The molecule has 0 aliphatic heterocycles. The molecule has 0 radical (unpaired) electrons. The number of hydrogen-bond acceptors (Lipinski definition) is 2. The minimum atomic E-state index is -0.458. The fourth-order valence-electron chi connectivity index (χ4n) is 1.45. The predicted octanol–water partition coefficient (Wildman–Crippen LogP) is 1.06. The van der Waals surface area contributed by atoms with E-state index in [2.05, 4.69) is 0 Å². The molecule has 1 saturated carbocycles. The second-order valence-electron chi connectivity index (χ2n) is 3.13. The van der Waals surface area contributed by atoms with Crippen LogP contribution in [0.4, 0.5) is 0 Å². The van der Waals surface area contributed by atoms with Crippen LogP contribution in [0.2, 0.25) is 0 Å². The van der Waals surface area contributed by atoms with Crippen LogP contribution in [0.15, 0.2) is 0 Å². The zero-order valence-electron chi connectivity index (χ0n) is 6.29. The number of hydrogen-bond donors (Lipinski definition) is 2. The van der Waals surface area contributed by atoms with Gasteiger partial charge in [-0.1, -0.05) is 25.7 Å². The summed E-state index contributed by atoms with van der Waals surface area (Å²) in [4.78, 5) is 0. The third kappa shape index (κ3) is 2.27. The number of aliphatic hydroxyl groups is 2. The molecule has 2 atom stereocenters. The molecule has 0 spiro atoms. The number of rotatable bonds is 0. The van der Waals surface area contributed by atoms with E-state index in [0.717, 1.165) is 25.7 Å². The van der Waals surface area contributed by atoms with Crippen molar-refractivity contribution in [2.24, 2.45) is 0 Å². The smallest absolute Gasteiger partial charge is 0.0799 e. The van der Waals surface area contributed by atoms with E-state index in [1.807, 2.05) is 0 Å². The van der Waals surface area contributed by atoms with Crippen LogP contribution in [0.1, 0.15) is 38.5 Å². The second-order valence-corrected chi connectivity index (χ2v) is 3.13. The minimum absolute atomic E-state index is 0.458. The van der Waals surface area contributed by atoms with Gasteiger partial charge >= 0.3 is 0 Å². The van der Waals surface area contributed by atoms with Crippen molar-refractivity contribution in [3.8, 4) is 0 Å². The molecule has 0 aromatic carbocycles. The molecule has 0 aromatic heterocycles. The topological polar surface area (TPSA) is 40.5 Å². The van der Waals surface area contributed by atoms with Gasteiger partial charge in [-0.25, -0.2) is 0 Å². The molecule has 0 bridgehead atoms. The second kappa shape index (κ2) is 3.94. The van der Waals surface area contributed by atoms with Crippen molar-refractivity contribution in [2.75, 3.05) is 0 Å². The van der Waals surface area contributed by atoms with E-state index in [1.165, 1.54) is 12.8 Å². The summed E-state index contributed by atoms with van der Waals surface area (Å²) in [7, 11) is 0. The summed E-state index contributed by atoms with van der Waals surface area (Å²) < 4.78 is 0. The summed E-state index contributed by atoms with van der Waals surface area (Å²) in [6.07, 6.45) is 5.20. The van der Waals surface area contributed by atoms with Gasteiger partial charge in [0, 0.05) is 0 Å². The molecule has 60 valence electrons. The van der Waals surface area contributed by atoms with E-state index in [4.69, 9.17) is 0 Å². The highest BCUT2D eigenvalue weighted by atomic mass is 18.2. The summed E-state index contributed by atoms with van der Waals surface area (Å²) in [5.74, 6) is 0. The fourth-order valence-corrected chi connectivity index (χ4v) is 1.45. The highest BCUT2D eigenvalue weighted by molar-refractivity contribution is 4.69. The van der Waals surface area contributed by atoms with Gasteiger partial charge in [0.15, 0.2) is 0 Å². The average Bonchev–Trinajstić information content (AvgIpc) is 1.92. The average molecular weight is 146 g/mol. The summed E-state index contributed by atoms with van der Waals surface area (Å²) in [6.45, 7) is 0. The quantitative estimate of drug-likeness (QED) is 0.502. The lowest BCUT2D eigenvalue weighted by Gasteiger charge is -2.19. The first-order valence-corrected chi connectivity index (χ1v) is 4.17. The Morgan fingerprint density at radius 1 is 1.00 bits per heavy atom. The van der Waals surface area contributed by atoms with Gasteiger partial charge in [0.05, 0.1) is 12.2 Å². The van der Waals surface area contributed by atoms with Gasteiger partial charge in [0.2, 0.25) is 0 Å². The monoisotopic (exact) mass is 146 g/mol. The van der Waals surface area contributed by atoms with E-state index in [9.17, 15) is 10.2 Å². The normalized spacial score (nSPS) is 36.6. The van der Waals surface area contributed by atoms with Crippen molar-refractivity contribution >= 4 is 0 Å². The van der Waals surface area contributed by atoms with Crippen molar-refractivity contribution < 1.29 is 10.2 Å². The lowest BCUT2D eigenvalue weighted by Crippen LogP contribution is -2.26. The predicted molar refractivity (Wildman–Crippen MR) is 39.7 cm³/mol. The zero-order valence-corrected chi connectivity index (χ0v) is 6.29. The maximum absolute atomic E-state index is 9.23. The first-order valence-electron chi connectivity index (χ1n) is 4.17. The molecule has 2 N–H and O–H groups in total. The molecule has 2 nitrogen and oxygen atoms in total. The van der Waals surface area contributed by atoms with Crippen molar-refractivity contribution in [3.05, 3.63) is 0 Å². The summed E-state index contributed by atoms with van der Waals surface area (Å²) in [5, 5.41) is 18.5. The maximum Gasteiger partial charge on any atom is 0.0799 e. The third-order valence-corrected chi connectivity index (χ3v) is 2.19. The largest absolute Gasteiger partial charge is 0.390 e. The van der Waals surface area contributed by atoms with Crippen LogP contribution >= 0.6 is 0 Å². The molecule has 1 aliphatic rings. The van der Waals surface area contributed by atoms with E-state index >= 15 is 0 Å². The Morgan fingerprint density at radius 3 is 2.30 bits per heavy atom. The molecular weight excluding hydrogens is 130 g/mol. The Bertz CT molecular complexity index is 81.3. The highest BCUT2D eigenvalue weighted by Crippen LogP contribution is 2.17. The first kappa shape index (κ1) is 8.02. The summed E-state index contributed by atoms with van der Waals surface area (Å²) in [6, 6.07) is 0. The van der Waals surface area contributed by atoms with E-state index in [0.29, 0.717) is 0 Å². The molecule has 10 heavy (non-hydrogen) atoms. The summed E-state index contributed by atoms with van der Waals surface area (Å²) >= 11 is 0. The molecule has 2 unspecified atom stereocenters. The Kier molecular flexibility index (Phi) is 3.16. The van der Waals surface area contributed by atoms with Crippen LogP contribution in [-0.2, 0) is 0 Å². The molecule has 2 heteroatoms. The van der Waals surface area contributed by atoms with Crippen LogP contribution in [0.5, 0.6) is 0 Å². The Hall–Kier alpha value is -0.0800. The van der Waals surface area contributed by atoms with Gasteiger partial charge in [0.1, 0.15) is 0 Å². The third-order valence-electron chi connectivity index (χ3n) is 2.19. The van der Waals surface area contributed by atoms with Crippen molar-refractivity contribution in [1.29, 1.82) is 0 Å². The van der Waals surface area contributed by atoms with Crippen LogP contribution in [0.25, 0.3) is 0 Å². The van der Waals surface area contributed by atoms with Crippen molar-refractivity contribution in [1.82, 2.24) is 0 Å². The van der Waals surface area contributed by atoms with Crippen LogP contribution in [-0.4, -0.2) is 22.4 Å². The molecular formula is C8H16O2. The lowest BCUT2D eigenvalue weighted by molar-refractivity contribution is 0.00303. The van der Waals surface area contributed by atoms with E-state index in [1.54, 1.807) is 0 Å². The van der Waals surface area contributed by atoms with E-state index < -0.39 is 12.2 Å². The molecule has 0 heterocycles. The van der Waals surface area contributed by atoms with Crippen molar-refractivity contribution in [3.63, 3.8) is 0 Å². The minimum Gasteiger partial charge on any atom is -0.390 e. The molecule has 1 rings (SSSR count).